The lowest BCUT2D eigenvalue weighted by Gasteiger charge is -2.23. The molecule has 1 saturated carbocycles. The van der Waals surface area contributed by atoms with Crippen molar-refractivity contribution in [3.05, 3.63) is 58.1 Å². The number of nitrogens with zero attached hydrogens (tertiary/aromatic N) is 1. The van der Waals surface area contributed by atoms with E-state index in [9.17, 15) is 8.42 Å². The van der Waals surface area contributed by atoms with E-state index >= 15 is 0 Å². The SMILES string of the molecule is CN(C)C[C@H](NS(=O)(=O)c1ccc(OCC2CC2)cc1)c1ccc(Cl)c(Cl)c1. The molecule has 8 heteroatoms. The lowest BCUT2D eigenvalue weighted by molar-refractivity contribution is 0.299. The summed E-state index contributed by atoms with van der Waals surface area (Å²) in [4.78, 5) is 2.10. The third-order valence-electron chi connectivity index (χ3n) is 4.51. The van der Waals surface area contributed by atoms with E-state index < -0.39 is 16.1 Å². The predicted molar refractivity (Wildman–Crippen MR) is 113 cm³/mol. The van der Waals surface area contributed by atoms with E-state index in [4.69, 9.17) is 27.9 Å². The molecule has 0 aliphatic heterocycles. The topological polar surface area (TPSA) is 58.6 Å². The van der Waals surface area contributed by atoms with Crippen molar-refractivity contribution < 1.29 is 13.2 Å². The predicted octanol–water partition coefficient (Wildman–Crippen LogP) is 4.36. The molecule has 0 saturated heterocycles. The first kappa shape index (κ1) is 21.4. The van der Waals surface area contributed by atoms with E-state index in [0.29, 0.717) is 34.9 Å². The van der Waals surface area contributed by atoms with Crippen molar-refractivity contribution in [1.29, 1.82) is 0 Å². The number of sulfonamides is 1. The summed E-state index contributed by atoms with van der Waals surface area (Å²) in [5, 5.41) is 0.818. The highest BCUT2D eigenvalue weighted by atomic mass is 35.5. The molecule has 3 rings (SSSR count). The van der Waals surface area contributed by atoms with Crippen LogP contribution in [0.4, 0.5) is 0 Å². The van der Waals surface area contributed by atoms with Crippen LogP contribution >= 0.6 is 23.2 Å². The maximum absolute atomic E-state index is 12.9. The standard InChI is InChI=1S/C20H24Cl2N2O3S/c1-24(2)12-20(15-5-10-18(21)19(22)11-15)23-28(25,26)17-8-6-16(7-9-17)27-13-14-3-4-14/h5-11,14,20,23H,3-4,12-13H2,1-2H3/t20-/m0/s1. The maximum Gasteiger partial charge on any atom is 0.241 e. The maximum atomic E-state index is 12.9. The molecule has 2 aromatic carbocycles. The van der Waals surface area contributed by atoms with Crippen molar-refractivity contribution in [3.8, 4) is 5.75 Å². The molecular weight excluding hydrogens is 419 g/mol. The van der Waals surface area contributed by atoms with E-state index in [1.807, 2.05) is 19.0 Å². The van der Waals surface area contributed by atoms with Crippen LogP contribution in [0.5, 0.6) is 5.75 Å². The Bertz CT molecular complexity index is 914. The van der Waals surface area contributed by atoms with E-state index in [1.54, 1.807) is 42.5 Å². The van der Waals surface area contributed by atoms with Crippen molar-refractivity contribution in [2.75, 3.05) is 27.2 Å². The summed E-state index contributed by atoms with van der Waals surface area (Å²) in [6, 6.07) is 11.2. The number of likely N-dealkylation sites (N-methyl/N-ethyl adjacent to an activating group) is 1. The summed E-state index contributed by atoms with van der Waals surface area (Å²) >= 11 is 12.1. The summed E-state index contributed by atoms with van der Waals surface area (Å²) in [5.74, 6) is 1.32. The minimum atomic E-state index is -3.72. The van der Waals surface area contributed by atoms with Crippen LogP contribution in [0.2, 0.25) is 10.0 Å². The summed E-state index contributed by atoms with van der Waals surface area (Å²) in [5.41, 5.74) is 0.746. The lowest BCUT2D eigenvalue weighted by Crippen LogP contribution is -2.35. The average Bonchev–Trinajstić information content (AvgIpc) is 3.46. The molecule has 1 atom stereocenters. The van der Waals surface area contributed by atoms with Crippen LogP contribution in [-0.4, -0.2) is 40.6 Å². The van der Waals surface area contributed by atoms with Crippen LogP contribution in [0.3, 0.4) is 0 Å². The molecule has 0 bridgehead atoms. The molecule has 0 unspecified atom stereocenters. The highest BCUT2D eigenvalue weighted by Crippen LogP contribution is 2.30. The molecule has 1 fully saturated rings. The van der Waals surface area contributed by atoms with Crippen LogP contribution in [0.15, 0.2) is 47.4 Å². The number of nitrogens with one attached hydrogen (secondary N) is 1. The normalized spacial score (nSPS) is 15.6. The zero-order valence-corrected chi connectivity index (χ0v) is 18.2. The van der Waals surface area contributed by atoms with Crippen molar-refractivity contribution in [2.24, 2.45) is 5.92 Å². The molecule has 152 valence electrons. The van der Waals surface area contributed by atoms with Gasteiger partial charge in [-0.25, -0.2) is 13.1 Å². The molecule has 0 amide bonds. The Hall–Kier alpha value is -1.31. The summed E-state index contributed by atoms with van der Waals surface area (Å²) in [6.45, 7) is 1.16. The Balaban J connectivity index is 1.76. The molecule has 1 aliphatic rings. The van der Waals surface area contributed by atoms with E-state index in [0.717, 1.165) is 5.56 Å². The van der Waals surface area contributed by atoms with Gasteiger partial charge in [-0.15, -0.1) is 0 Å². The molecule has 0 spiro atoms. The summed E-state index contributed by atoms with van der Waals surface area (Å²) < 4.78 is 34.3. The fourth-order valence-electron chi connectivity index (χ4n) is 2.77. The summed E-state index contributed by atoms with van der Waals surface area (Å²) in [7, 11) is 0.0394. The fraction of sp³-hybridized carbons (Fsp3) is 0.400. The van der Waals surface area contributed by atoms with Crippen molar-refractivity contribution >= 4 is 33.2 Å². The molecule has 1 N–H and O–H groups in total. The number of rotatable bonds is 9. The molecule has 1 aliphatic carbocycles. The van der Waals surface area contributed by atoms with Gasteiger partial charge in [-0.1, -0.05) is 29.3 Å². The van der Waals surface area contributed by atoms with Crippen molar-refractivity contribution in [1.82, 2.24) is 9.62 Å². The highest BCUT2D eigenvalue weighted by molar-refractivity contribution is 7.89. The molecule has 0 radical (unpaired) electrons. The molecule has 2 aromatic rings. The third-order valence-corrected chi connectivity index (χ3v) is 6.73. The Morgan fingerprint density at radius 2 is 1.79 bits per heavy atom. The molecule has 0 aromatic heterocycles. The Labute approximate surface area is 176 Å². The van der Waals surface area contributed by atoms with Gasteiger partial charge in [0.2, 0.25) is 10.0 Å². The van der Waals surface area contributed by atoms with Gasteiger partial charge < -0.3 is 9.64 Å². The Morgan fingerprint density at radius 1 is 1.11 bits per heavy atom. The quantitative estimate of drug-likeness (QED) is 0.626. The number of halogens is 2. The minimum Gasteiger partial charge on any atom is -0.493 e. The Morgan fingerprint density at radius 3 is 2.36 bits per heavy atom. The molecular formula is C20H24Cl2N2O3S. The monoisotopic (exact) mass is 442 g/mol. The molecule has 28 heavy (non-hydrogen) atoms. The van der Waals surface area contributed by atoms with E-state index in [2.05, 4.69) is 4.72 Å². The second-order valence-electron chi connectivity index (χ2n) is 7.34. The second-order valence-corrected chi connectivity index (χ2v) is 9.86. The number of hydrogen-bond donors (Lipinski definition) is 1. The van der Waals surface area contributed by atoms with E-state index in [-0.39, 0.29) is 4.90 Å². The van der Waals surface area contributed by atoms with Gasteiger partial charge in [-0.2, -0.15) is 0 Å². The third kappa shape index (κ3) is 5.84. The van der Waals surface area contributed by atoms with Gasteiger partial charge >= 0.3 is 0 Å². The molecule has 5 nitrogen and oxygen atoms in total. The van der Waals surface area contributed by atoms with Gasteiger partial charge in [0.25, 0.3) is 0 Å². The van der Waals surface area contributed by atoms with Crippen LogP contribution in [0.1, 0.15) is 24.4 Å². The summed E-state index contributed by atoms with van der Waals surface area (Å²) in [6.07, 6.45) is 2.41. The van der Waals surface area contributed by atoms with Gasteiger partial charge in [0.15, 0.2) is 0 Å². The van der Waals surface area contributed by atoms with Crippen molar-refractivity contribution in [2.45, 2.75) is 23.8 Å². The number of ether oxygens (including phenoxy) is 1. The fourth-order valence-corrected chi connectivity index (χ4v) is 4.30. The van der Waals surface area contributed by atoms with Gasteiger partial charge in [-0.3, -0.25) is 0 Å². The zero-order valence-electron chi connectivity index (χ0n) is 15.9. The smallest absolute Gasteiger partial charge is 0.241 e. The highest BCUT2D eigenvalue weighted by Gasteiger charge is 2.24. The van der Waals surface area contributed by atoms with Crippen molar-refractivity contribution in [3.63, 3.8) is 0 Å². The first-order valence-electron chi connectivity index (χ1n) is 9.09. The van der Waals surface area contributed by atoms with Crippen LogP contribution in [0, 0.1) is 5.92 Å². The minimum absolute atomic E-state index is 0.190. The Kier molecular flexibility index (Phi) is 6.89. The van der Waals surface area contributed by atoms with Crippen LogP contribution < -0.4 is 9.46 Å². The molecule has 0 heterocycles. The lowest BCUT2D eigenvalue weighted by atomic mass is 10.1. The van der Waals surface area contributed by atoms with E-state index in [1.165, 1.54) is 12.8 Å². The van der Waals surface area contributed by atoms with Gasteiger partial charge in [0.1, 0.15) is 5.75 Å². The average molecular weight is 443 g/mol. The van der Waals surface area contributed by atoms with Gasteiger partial charge in [-0.05, 0) is 74.8 Å². The van der Waals surface area contributed by atoms with Crippen LogP contribution in [-0.2, 0) is 10.0 Å². The largest absolute Gasteiger partial charge is 0.493 e. The first-order valence-corrected chi connectivity index (χ1v) is 11.3. The van der Waals surface area contributed by atoms with Gasteiger partial charge in [0.05, 0.1) is 27.6 Å². The number of benzene rings is 2. The zero-order chi connectivity index (χ0) is 20.3. The van der Waals surface area contributed by atoms with Gasteiger partial charge in [0, 0.05) is 6.54 Å². The first-order chi connectivity index (χ1) is 13.2. The van der Waals surface area contributed by atoms with Crippen LogP contribution in [0.25, 0.3) is 0 Å². The second kappa shape index (κ2) is 9.01. The number of hydrogen-bond acceptors (Lipinski definition) is 4.